The molecule has 1 atom stereocenters. The average molecular weight is 570 g/mol. The molecule has 2 aromatic heterocycles. The third kappa shape index (κ3) is 6.15. The number of pyridine rings is 1. The molecule has 1 aliphatic rings. The van der Waals surface area contributed by atoms with Crippen molar-refractivity contribution in [3.8, 4) is 11.4 Å². The fourth-order valence-corrected chi connectivity index (χ4v) is 6.16. The molecule has 2 aromatic carbocycles. The third-order valence-electron chi connectivity index (χ3n) is 7.00. The van der Waals surface area contributed by atoms with E-state index in [1.807, 2.05) is 47.1 Å². The van der Waals surface area contributed by atoms with E-state index >= 15 is 0 Å². The SMILES string of the molecule is COc1ccc(-n2nc(C(C)(C)C)c3c2N(CC(=O)NCc2ccncc2)C(=O)CSC3c2cccc(C)c2)cc1. The Morgan fingerprint density at radius 3 is 2.49 bits per heavy atom. The maximum atomic E-state index is 13.8. The second-order valence-electron chi connectivity index (χ2n) is 11.2. The van der Waals surface area contributed by atoms with Crippen molar-refractivity contribution in [1.82, 2.24) is 20.1 Å². The quantitative estimate of drug-likeness (QED) is 0.322. The van der Waals surface area contributed by atoms with Crippen molar-refractivity contribution in [1.29, 1.82) is 0 Å². The first kappa shape index (κ1) is 28.4. The Bertz CT molecular complexity index is 1540. The number of hydrogen-bond acceptors (Lipinski definition) is 6. The molecule has 0 spiro atoms. The molecule has 8 nitrogen and oxygen atoms in total. The molecular formula is C32H35N5O3S. The number of methoxy groups -OCH3 is 1. The van der Waals surface area contributed by atoms with E-state index in [0.29, 0.717) is 12.4 Å². The van der Waals surface area contributed by atoms with Crippen LogP contribution in [0.15, 0.2) is 73.1 Å². The number of ether oxygens (including phenoxy) is 1. The van der Waals surface area contributed by atoms with Gasteiger partial charge in [-0.1, -0.05) is 50.6 Å². The molecule has 5 rings (SSSR count). The van der Waals surface area contributed by atoms with Gasteiger partial charge >= 0.3 is 0 Å². The van der Waals surface area contributed by atoms with Crippen molar-refractivity contribution >= 4 is 29.4 Å². The van der Waals surface area contributed by atoms with E-state index in [1.165, 1.54) is 0 Å². The number of aromatic nitrogens is 3. The molecule has 1 unspecified atom stereocenters. The van der Waals surface area contributed by atoms with Crippen LogP contribution in [0.5, 0.6) is 5.75 Å². The van der Waals surface area contributed by atoms with Crippen molar-refractivity contribution in [2.24, 2.45) is 0 Å². The Morgan fingerprint density at radius 2 is 1.83 bits per heavy atom. The lowest BCUT2D eigenvalue weighted by Crippen LogP contribution is -2.42. The van der Waals surface area contributed by atoms with Crippen molar-refractivity contribution in [2.75, 3.05) is 24.3 Å². The fourth-order valence-electron chi connectivity index (χ4n) is 4.97. The first-order valence-corrected chi connectivity index (χ1v) is 14.6. The summed E-state index contributed by atoms with van der Waals surface area (Å²) in [6.45, 7) is 8.69. The van der Waals surface area contributed by atoms with Crippen LogP contribution in [-0.4, -0.2) is 46.0 Å². The minimum atomic E-state index is -0.326. The highest BCUT2D eigenvalue weighted by atomic mass is 32.2. The van der Waals surface area contributed by atoms with Crippen LogP contribution < -0.4 is 15.0 Å². The third-order valence-corrected chi connectivity index (χ3v) is 8.26. The van der Waals surface area contributed by atoms with Crippen molar-refractivity contribution < 1.29 is 14.3 Å². The number of carbonyl (C=O) groups is 2. The number of amides is 2. The zero-order valence-electron chi connectivity index (χ0n) is 24.0. The van der Waals surface area contributed by atoms with Gasteiger partial charge in [-0.2, -0.15) is 5.10 Å². The summed E-state index contributed by atoms with van der Waals surface area (Å²) >= 11 is 1.58. The summed E-state index contributed by atoms with van der Waals surface area (Å²) in [6, 6.07) is 19.7. The molecule has 0 saturated heterocycles. The van der Waals surface area contributed by atoms with Gasteiger partial charge < -0.3 is 10.1 Å². The molecule has 0 saturated carbocycles. The van der Waals surface area contributed by atoms with Gasteiger partial charge in [0.15, 0.2) is 0 Å². The van der Waals surface area contributed by atoms with Crippen molar-refractivity contribution in [3.63, 3.8) is 0 Å². The summed E-state index contributed by atoms with van der Waals surface area (Å²) in [7, 11) is 1.63. The van der Waals surface area contributed by atoms with Crippen molar-refractivity contribution in [3.05, 3.63) is 101 Å². The Morgan fingerprint density at radius 1 is 1.10 bits per heavy atom. The summed E-state index contributed by atoms with van der Waals surface area (Å²) in [5.41, 5.74) is 5.48. The number of carbonyl (C=O) groups excluding carboxylic acids is 2. The van der Waals surface area contributed by atoms with E-state index in [4.69, 9.17) is 9.84 Å². The number of aryl methyl sites for hydroxylation is 1. The second-order valence-corrected chi connectivity index (χ2v) is 12.3. The lowest BCUT2D eigenvalue weighted by atomic mass is 9.87. The molecule has 0 fully saturated rings. The lowest BCUT2D eigenvalue weighted by Gasteiger charge is -2.24. The molecule has 1 N–H and O–H groups in total. The summed E-state index contributed by atoms with van der Waals surface area (Å²) in [5, 5.41) is 7.97. The highest BCUT2D eigenvalue weighted by Crippen LogP contribution is 2.48. The Kier molecular flexibility index (Phi) is 8.17. The first-order valence-electron chi connectivity index (χ1n) is 13.6. The van der Waals surface area contributed by atoms with E-state index < -0.39 is 0 Å². The van der Waals surface area contributed by atoms with Crippen LogP contribution in [0.2, 0.25) is 0 Å². The molecule has 3 heterocycles. The number of rotatable bonds is 7. The standard InChI is InChI=1S/C32H35N5O3S/c1-21-7-6-8-23(17-21)29-28-30(32(2,3)4)35-37(24-9-11-25(40-5)12-10-24)31(28)36(27(39)20-41-29)19-26(38)34-18-22-13-15-33-16-14-22/h6-17,29H,18-20H2,1-5H3,(H,34,38). The Labute approximate surface area is 245 Å². The molecule has 0 aliphatic carbocycles. The van der Waals surface area contributed by atoms with Crippen LogP contribution in [0.1, 0.15) is 54.0 Å². The van der Waals surface area contributed by atoms with Crippen LogP contribution in [0.25, 0.3) is 5.69 Å². The largest absolute Gasteiger partial charge is 0.497 e. The first-order chi connectivity index (χ1) is 19.7. The highest BCUT2D eigenvalue weighted by Gasteiger charge is 2.40. The minimum absolute atomic E-state index is 0.122. The van der Waals surface area contributed by atoms with Crippen LogP contribution in [0.4, 0.5) is 5.82 Å². The maximum absolute atomic E-state index is 13.8. The molecule has 41 heavy (non-hydrogen) atoms. The van der Waals surface area contributed by atoms with Gasteiger partial charge in [0.1, 0.15) is 18.1 Å². The number of fused-ring (bicyclic) bond motifs is 1. The van der Waals surface area contributed by atoms with Gasteiger partial charge in [-0.3, -0.25) is 19.5 Å². The molecule has 1 aliphatic heterocycles. The Hall–Kier alpha value is -4.11. The lowest BCUT2D eigenvalue weighted by molar-refractivity contribution is -0.123. The number of thioether (sulfide) groups is 1. The van der Waals surface area contributed by atoms with E-state index in [1.54, 1.807) is 36.2 Å². The van der Waals surface area contributed by atoms with E-state index in [0.717, 1.165) is 39.4 Å². The van der Waals surface area contributed by atoms with Gasteiger partial charge in [0.25, 0.3) is 0 Å². The molecule has 4 aromatic rings. The molecule has 0 bridgehead atoms. The number of benzene rings is 2. The molecule has 2 amide bonds. The topological polar surface area (TPSA) is 89.3 Å². The van der Waals surface area contributed by atoms with Gasteiger partial charge in [-0.15, -0.1) is 11.8 Å². The number of hydrogen-bond donors (Lipinski definition) is 1. The van der Waals surface area contributed by atoms with E-state index in [9.17, 15) is 9.59 Å². The zero-order valence-corrected chi connectivity index (χ0v) is 24.9. The minimum Gasteiger partial charge on any atom is -0.497 e. The normalized spacial score (nSPS) is 15.3. The number of nitrogens with one attached hydrogen (secondary N) is 1. The van der Waals surface area contributed by atoms with Gasteiger partial charge in [0.2, 0.25) is 11.8 Å². The zero-order chi connectivity index (χ0) is 29.1. The van der Waals surface area contributed by atoms with Crippen molar-refractivity contribution in [2.45, 2.75) is 44.9 Å². The van der Waals surface area contributed by atoms with E-state index in [2.05, 4.69) is 56.2 Å². The molecule has 9 heteroatoms. The monoisotopic (exact) mass is 569 g/mol. The second kappa shape index (κ2) is 11.8. The highest BCUT2D eigenvalue weighted by molar-refractivity contribution is 8.00. The predicted octanol–water partition coefficient (Wildman–Crippen LogP) is 5.37. The summed E-state index contributed by atoms with van der Waals surface area (Å²) in [5.74, 6) is 1.19. The molecule has 212 valence electrons. The van der Waals surface area contributed by atoms with Crippen LogP contribution in [0.3, 0.4) is 0 Å². The number of nitrogens with zero attached hydrogens (tertiary/aromatic N) is 4. The fraction of sp³-hybridized carbons (Fsp3) is 0.312. The average Bonchev–Trinajstić information content (AvgIpc) is 3.30. The van der Waals surface area contributed by atoms with Gasteiger partial charge in [0, 0.05) is 29.9 Å². The Balaban J connectivity index is 1.65. The van der Waals surface area contributed by atoms with Crippen LogP contribution in [0, 0.1) is 6.92 Å². The smallest absolute Gasteiger partial charge is 0.240 e. The number of anilines is 1. The van der Waals surface area contributed by atoms with Crippen LogP contribution in [-0.2, 0) is 21.5 Å². The summed E-state index contributed by atoms with van der Waals surface area (Å²) in [6.07, 6.45) is 3.38. The summed E-state index contributed by atoms with van der Waals surface area (Å²) < 4.78 is 7.20. The van der Waals surface area contributed by atoms with Gasteiger partial charge in [-0.25, -0.2) is 4.68 Å². The van der Waals surface area contributed by atoms with Gasteiger partial charge in [-0.05, 0) is 54.4 Å². The summed E-state index contributed by atoms with van der Waals surface area (Å²) in [4.78, 5) is 32.8. The van der Waals surface area contributed by atoms with Crippen LogP contribution >= 0.6 is 11.8 Å². The molecular weight excluding hydrogens is 534 g/mol. The maximum Gasteiger partial charge on any atom is 0.240 e. The molecule has 0 radical (unpaired) electrons. The van der Waals surface area contributed by atoms with E-state index in [-0.39, 0.29) is 34.8 Å². The van der Waals surface area contributed by atoms with Gasteiger partial charge in [0.05, 0.1) is 29.5 Å². The predicted molar refractivity (Wildman–Crippen MR) is 163 cm³/mol.